The number of hydrogen-bond donors (Lipinski definition) is 2. The predicted octanol–water partition coefficient (Wildman–Crippen LogP) is -1.18. The van der Waals surface area contributed by atoms with E-state index in [0.29, 0.717) is 0 Å². The van der Waals surface area contributed by atoms with E-state index in [1.807, 2.05) is 0 Å². The molecule has 0 aromatic carbocycles. The normalized spacial score (nSPS) is 13.0. The lowest BCUT2D eigenvalue weighted by Gasteiger charge is -2.25. The molecule has 0 aromatic heterocycles. The van der Waals surface area contributed by atoms with Crippen LogP contribution in [0.15, 0.2) is 0 Å². The first-order valence-electron chi connectivity index (χ1n) is 7.04. The maximum atomic E-state index is 11.8. The molecule has 0 aliphatic heterocycles. The Morgan fingerprint density at radius 1 is 1.00 bits per heavy atom. The first kappa shape index (κ1) is 21.8. The maximum Gasteiger partial charge on any atom is 0.326 e. The third kappa shape index (κ3) is 6.92. The van der Waals surface area contributed by atoms with E-state index in [9.17, 15) is 24.3 Å². The predicted molar refractivity (Wildman–Crippen MR) is 78.9 cm³/mol. The molecule has 0 rings (SSSR count). The topological polar surface area (TPSA) is 137 Å². The number of hydrogen-bond acceptors (Lipinski definition) is 8. The Morgan fingerprint density at radius 3 is 1.96 bits per heavy atom. The van der Waals surface area contributed by atoms with Crippen LogP contribution in [0.3, 0.4) is 0 Å². The Hall–Kier alpha value is -2.20. The van der Waals surface area contributed by atoms with Crippen molar-refractivity contribution < 1.29 is 43.2 Å². The number of carbonyl (C=O) groups is 4. The highest BCUT2D eigenvalue weighted by Gasteiger charge is 2.41. The molecule has 10 heteroatoms. The van der Waals surface area contributed by atoms with Gasteiger partial charge < -0.3 is 29.4 Å². The zero-order valence-electron chi connectivity index (χ0n) is 14.1. The van der Waals surface area contributed by atoms with Crippen LogP contribution in [0.2, 0.25) is 0 Å². The van der Waals surface area contributed by atoms with Crippen molar-refractivity contribution >= 4 is 23.8 Å². The fraction of sp³-hybridized carbons (Fsp3) is 0.714. The molecule has 0 radical (unpaired) electrons. The maximum absolute atomic E-state index is 11.8. The first-order valence-corrected chi connectivity index (χ1v) is 7.04. The number of ether oxygens (including phenoxy) is 4. The third-order valence-electron chi connectivity index (χ3n) is 3.21. The van der Waals surface area contributed by atoms with Crippen LogP contribution >= 0.6 is 0 Å². The molecular weight excluding hydrogens is 326 g/mol. The summed E-state index contributed by atoms with van der Waals surface area (Å²) in [6.07, 6.45) is 0. The number of amides is 1. The zero-order valence-corrected chi connectivity index (χ0v) is 14.1. The van der Waals surface area contributed by atoms with E-state index in [1.54, 1.807) is 0 Å². The molecule has 0 saturated carbocycles. The molecule has 0 saturated heterocycles. The average molecular weight is 349 g/mol. The number of rotatable bonds is 11. The Morgan fingerprint density at radius 2 is 1.54 bits per heavy atom. The molecule has 0 spiro atoms. The summed E-state index contributed by atoms with van der Waals surface area (Å²) in [7, 11) is 3.58. The van der Waals surface area contributed by atoms with Crippen molar-refractivity contribution in [1.29, 1.82) is 0 Å². The molecule has 0 bridgehead atoms. The van der Waals surface area contributed by atoms with E-state index in [0.717, 1.165) is 14.2 Å². The smallest absolute Gasteiger partial charge is 0.326 e. The minimum Gasteiger partial charge on any atom is -0.480 e. The summed E-state index contributed by atoms with van der Waals surface area (Å²) in [6.45, 7) is 1.37. The van der Waals surface area contributed by atoms with Crippen molar-refractivity contribution in [3.05, 3.63) is 0 Å². The van der Waals surface area contributed by atoms with Crippen molar-refractivity contribution in [2.75, 3.05) is 41.2 Å². The quantitative estimate of drug-likeness (QED) is 0.268. The van der Waals surface area contributed by atoms with Crippen LogP contribution in [0.4, 0.5) is 0 Å². The van der Waals surface area contributed by atoms with Crippen molar-refractivity contribution in [3.63, 3.8) is 0 Å². The van der Waals surface area contributed by atoms with Gasteiger partial charge in [-0.15, -0.1) is 0 Å². The SMILES string of the molecule is COCCOCC(=O)N[C@H](C(=O)O)[C@@H](C)C(C(=O)OC)C(=O)OC. The van der Waals surface area contributed by atoms with Gasteiger partial charge in [-0.05, 0) is 0 Å². The Kier molecular flexibility index (Phi) is 10.3. The van der Waals surface area contributed by atoms with Gasteiger partial charge in [-0.3, -0.25) is 14.4 Å². The summed E-state index contributed by atoms with van der Waals surface area (Å²) in [4.78, 5) is 46.6. The minimum absolute atomic E-state index is 0.157. The van der Waals surface area contributed by atoms with Gasteiger partial charge in [0.1, 0.15) is 12.6 Å². The van der Waals surface area contributed by atoms with Gasteiger partial charge in [-0.2, -0.15) is 0 Å². The van der Waals surface area contributed by atoms with Crippen molar-refractivity contribution in [3.8, 4) is 0 Å². The van der Waals surface area contributed by atoms with E-state index in [2.05, 4.69) is 14.8 Å². The number of carbonyl (C=O) groups excluding carboxylic acids is 3. The van der Waals surface area contributed by atoms with Crippen LogP contribution in [-0.2, 0) is 38.1 Å². The summed E-state index contributed by atoms with van der Waals surface area (Å²) in [5.74, 6) is -6.62. The summed E-state index contributed by atoms with van der Waals surface area (Å²) < 4.78 is 18.7. The molecule has 1 amide bonds. The molecule has 0 heterocycles. The Balaban J connectivity index is 5.00. The van der Waals surface area contributed by atoms with E-state index in [1.165, 1.54) is 14.0 Å². The summed E-state index contributed by atoms with van der Waals surface area (Å²) >= 11 is 0. The van der Waals surface area contributed by atoms with Crippen LogP contribution < -0.4 is 5.32 Å². The number of carboxylic acid groups (broad SMARTS) is 1. The van der Waals surface area contributed by atoms with E-state index in [-0.39, 0.29) is 19.8 Å². The van der Waals surface area contributed by atoms with Crippen molar-refractivity contribution in [2.45, 2.75) is 13.0 Å². The molecule has 0 aromatic rings. The molecule has 138 valence electrons. The fourth-order valence-electron chi connectivity index (χ4n) is 1.91. The molecular formula is C14H23NO9. The van der Waals surface area contributed by atoms with Crippen LogP contribution in [0, 0.1) is 11.8 Å². The van der Waals surface area contributed by atoms with Gasteiger partial charge in [-0.25, -0.2) is 4.79 Å². The molecule has 24 heavy (non-hydrogen) atoms. The second-order valence-corrected chi connectivity index (χ2v) is 4.81. The standard InChI is InChI=1S/C14H23NO9/c1-8(10(13(19)22-3)14(20)23-4)11(12(17)18)15-9(16)7-24-6-5-21-2/h8,10-11H,5-7H2,1-4H3,(H,15,16)(H,17,18)/t8-,11-/m0/s1. The molecule has 0 unspecified atom stereocenters. The highest BCUT2D eigenvalue weighted by molar-refractivity contribution is 5.96. The lowest BCUT2D eigenvalue weighted by molar-refractivity contribution is -0.163. The highest BCUT2D eigenvalue weighted by Crippen LogP contribution is 2.19. The fourth-order valence-corrected chi connectivity index (χ4v) is 1.91. The number of carboxylic acids is 1. The van der Waals surface area contributed by atoms with Crippen LogP contribution in [0.1, 0.15) is 6.92 Å². The van der Waals surface area contributed by atoms with Gasteiger partial charge in [0.15, 0.2) is 5.92 Å². The molecule has 10 nitrogen and oxygen atoms in total. The molecule has 0 aliphatic rings. The zero-order chi connectivity index (χ0) is 18.7. The average Bonchev–Trinajstić information content (AvgIpc) is 2.55. The number of esters is 2. The highest BCUT2D eigenvalue weighted by atomic mass is 16.5. The summed E-state index contributed by atoms with van der Waals surface area (Å²) in [6, 6.07) is -1.51. The van der Waals surface area contributed by atoms with Gasteiger partial charge in [0.05, 0.1) is 27.4 Å². The van der Waals surface area contributed by atoms with Gasteiger partial charge in [0.25, 0.3) is 0 Å². The van der Waals surface area contributed by atoms with Gasteiger partial charge in [-0.1, -0.05) is 6.92 Å². The number of aliphatic carboxylic acids is 1. The van der Waals surface area contributed by atoms with Gasteiger partial charge in [0, 0.05) is 13.0 Å². The van der Waals surface area contributed by atoms with Crippen molar-refractivity contribution in [1.82, 2.24) is 5.32 Å². The number of methoxy groups -OCH3 is 3. The number of nitrogens with one attached hydrogen (secondary N) is 1. The Bertz CT molecular complexity index is 436. The van der Waals surface area contributed by atoms with E-state index in [4.69, 9.17) is 9.47 Å². The van der Waals surface area contributed by atoms with Crippen LogP contribution in [0.5, 0.6) is 0 Å². The lowest BCUT2D eigenvalue weighted by Crippen LogP contribution is -2.51. The molecule has 0 aliphatic carbocycles. The molecule has 0 fully saturated rings. The monoisotopic (exact) mass is 349 g/mol. The second-order valence-electron chi connectivity index (χ2n) is 4.81. The van der Waals surface area contributed by atoms with Gasteiger partial charge in [0.2, 0.25) is 5.91 Å². The second kappa shape index (κ2) is 11.4. The van der Waals surface area contributed by atoms with Crippen molar-refractivity contribution in [2.24, 2.45) is 11.8 Å². The summed E-state index contributed by atoms with van der Waals surface area (Å²) in [5, 5.41) is 11.5. The van der Waals surface area contributed by atoms with Crippen LogP contribution in [0.25, 0.3) is 0 Å². The molecule has 2 N–H and O–H groups in total. The van der Waals surface area contributed by atoms with Gasteiger partial charge >= 0.3 is 17.9 Å². The van der Waals surface area contributed by atoms with E-state index < -0.39 is 41.7 Å². The minimum atomic E-state index is -1.51. The third-order valence-corrected chi connectivity index (χ3v) is 3.21. The molecule has 2 atom stereocenters. The largest absolute Gasteiger partial charge is 0.480 e. The van der Waals surface area contributed by atoms with Crippen LogP contribution in [-0.4, -0.2) is 76.1 Å². The lowest BCUT2D eigenvalue weighted by atomic mass is 9.87. The summed E-state index contributed by atoms with van der Waals surface area (Å²) in [5.41, 5.74) is 0. The first-order chi connectivity index (χ1) is 11.3. The Labute approximate surface area is 139 Å². The van der Waals surface area contributed by atoms with E-state index >= 15 is 0 Å².